The summed E-state index contributed by atoms with van der Waals surface area (Å²) in [6, 6.07) is 0. The number of anilines is 1. The number of nitrogens with one attached hydrogen (secondary N) is 1. The van der Waals surface area contributed by atoms with Crippen LogP contribution in [0.5, 0.6) is 0 Å². The summed E-state index contributed by atoms with van der Waals surface area (Å²) in [5.41, 5.74) is 1.26. The van der Waals surface area contributed by atoms with E-state index >= 15 is 0 Å². The van der Waals surface area contributed by atoms with E-state index < -0.39 is 47.5 Å². The molecule has 2 aliphatic heterocycles. The van der Waals surface area contributed by atoms with E-state index in [9.17, 15) is 25.3 Å². The average molecular weight is 656 g/mol. The Hall–Kier alpha value is -1.31. The number of hydrogen-bond acceptors (Lipinski definition) is 17. The van der Waals surface area contributed by atoms with Crippen molar-refractivity contribution in [3.05, 3.63) is 12.7 Å². The van der Waals surface area contributed by atoms with Crippen molar-refractivity contribution in [3.8, 4) is 0 Å². The van der Waals surface area contributed by atoms with Gasteiger partial charge in [0, 0.05) is 27.0 Å². The van der Waals surface area contributed by atoms with Gasteiger partial charge in [-0.3, -0.25) is 18.4 Å². The van der Waals surface area contributed by atoms with Gasteiger partial charge in [-0.05, 0) is 12.8 Å². The number of ether oxygens (including phenoxy) is 3. The van der Waals surface area contributed by atoms with Crippen LogP contribution >= 0.6 is 17.2 Å². The third kappa shape index (κ3) is 8.70. The zero-order valence-electron chi connectivity index (χ0n) is 24.2. The number of hydrogen-bond donors (Lipinski definition) is 6. The van der Waals surface area contributed by atoms with Gasteiger partial charge in [-0.15, -0.1) is 0 Å². The second-order valence-electron chi connectivity index (χ2n) is 9.67. The molecule has 6 N–H and O–H groups in total. The molecule has 2 aromatic rings. The van der Waals surface area contributed by atoms with Crippen molar-refractivity contribution in [2.24, 2.45) is 0 Å². The first-order chi connectivity index (χ1) is 20.5. The van der Waals surface area contributed by atoms with Crippen molar-refractivity contribution < 1.29 is 62.1 Å². The van der Waals surface area contributed by atoms with Crippen LogP contribution < -0.4 is 5.32 Å². The fraction of sp³-hybridized carbons (Fsp3) is 0.783. The Morgan fingerprint density at radius 3 is 2.47 bits per heavy atom. The topological polar surface area (TPSA) is 231 Å². The standard InChI is InChI=1S/C23H39N5O13P2/c1-5-22(31,40-42(33)36-11-16-19(30)15(29)10-35-16)39-23(32,6-2)41-43(34-4)37-9-14-7-8-17(38-14)28-13-27-18-20(24-3)25-12-26-21(18)28/h12-17,19,29-33H,5-11H2,1-4H3,(H,24,25,26)/t14-,15-,16+,17+,19-,22?,23?,42?,43?/m0/s1. The SMILES string of the molecule is CCC(O)(OP(O)OC[C@H]1OC[C@H](O)[C@@H]1O)OC(O)(CC)OP(OC)OC[C@@H]1CC[C@H](n2cnc3c(NC)ncnc32)O1. The van der Waals surface area contributed by atoms with Crippen LogP contribution in [0.1, 0.15) is 45.8 Å². The molecule has 43 heavy (non-hydrogen) atoms. The Balaban J connectivity index is 1.28. The van der Waals surface area contributed by atoms with Gasteiger partial charge in [0.25, 0.3) is 11.9 Å². The Labute approximate surface area is 250 Å². The second kappa shape index (κ2) is 15.3. The maximum Gasteiger partial charge on any atom is 0.336 e. The third-order valence-corrected chi connectivity index (χ3v) is 8.67. The molecule has 0 aliphatic carbocycles. The zero-order chi connectivity index (χ0) is 31.2. The number of aliphatic hydroxyl groups excluding tert-OH is 2. The highest BCUT2D eigenvalue weighted by molar-refractivity contribution is 7.41. The molecule has 20 heteroatoms. The second-order valence-corrected chi connectivity index (χ2v) is 11.8. The predicted molar refractivity (Wildman–Crippen MR) is 148 cm³/mol. The fourth-order valence-corrected chi connectivity index (χ4v) is 5.95. The molecule has 4 unspecified atom stereocenters. The van der Waals surface area contributed by atoms with Crippen LogP contribution in [0.3, 0.4) is 0 Å². The first kappa shape index (κ1) is 34.6. The molecular formula is C23H39N5O13P2. The van der Waals surface area contributed by atoms with Crippen LogP contribution in [0.4, 0.5) is 5.82 Å². The van der Waals surface area contributed by atoms with Crippen LogP contribution in [0.25, 0.3) is 11.2 Å². The maximum absolute atomic E-state index is 11.0. The molecule has 244 valence electrons. The zero-order valence-corrected chi connectivity index (χ0v) is 26.0. The smallest absolute Gasteiger partial charge is 0.336 e. The van der Waals surface area contributed by atoms with Gasteiger partial charge in [0.1, 0.15) is 36.4 Å². The summed E-state index contributed by atoms with van der Waals surface area (Å²) in [4.78, 5) is 23.1. The highest BCUT2D eigenvalue weighted by Crippen LogP contribution is 2.48. The first-order valence-corrected chi connectivity index (χ1v) is 15.9. The summed E-state index contributed by atoms with van der Waals surface area (Å²) in [5, 5.41) is 44.2. The normalized spacial score (nSPS) is 28.5. The summed E-state index contributed by atoms with van der Waals surface area (Å²) >= 11 is 0. The lowest BCUT2D eigenvalue weighted by Crippen LogP contribution is -2.46. The minimum atomic E-state index is -2.76. The molecule has 2 saturated heterocycles. The minimum absolute atomic E-state index is 0.0628. The van der Waals surface area contributed by atoms with Gasteiger partial charge in [-0.25, -0.2) is 15.0 Å². The van der Waals surface area contributed by atoms with Crippen molar-refractivity contribution in [3.63, 3.8) is 0 Å². The van der Waals surface area contributed by atoms with Crippen molar-refractivity contribution in [2.45, 2.75) is 82.1 Å². The van der Waals surface area contributed by atoms with Crippen LogP contribution in [-0.4, -0.2) is 115 Å². The summed E-state index contributed by atoms with van der Waals surface area (Å²) in [5.74, 6) is -4.38. The Kier molecular flexibility index (Phi) is 12.3. The first-order valence-electron chi connectivity index (χ1n) is 13.6. The molecule has 0 aromatic carbocycles. The van der Waals surface area contributed by atoms with Crippen molar-refractivity contribution in [2.75, 3.05) is 39.3 Å². The van der Waals surface area contributed by atoms with Gasteiger partial charge >= 0.3 is 17.2 Å². The van der Waals surface area contributed by atoms with Crippen molar-refractivity contribution >= 4 is 34.2 Å². The number of nitrogens with zero attached hydrogens (tertiary/aromatic N) is 4. The molecular weight excluding hydrogens is 616 g/mol. The van der Waals surface area contributed by atoms with Crippen LogP contribution in [-0.2, 0) is 36.8 Å². The minimum Gasteiger partial charge on any atom is -0.388 e. The molecule has 9 atom stereocenters. The van der Waals surface area contributed by atoms with Gasteiger partial charge < -0.3 is 53.7 Å². The lowest BCUT2D eigenvalue weighted by molar-refractivity contribution is -0.455. The molecule has 18 nitrogen and oxygen atoms in total. The molecule has 2 aromatic heterocycles. The fourth-order valence-electron chi connectivity index (χ4n) is 4.30. The molecule has 4 heterocycles. The van der Waals surface area contributed by atoms with E-state index in [1.54, 1.807) is 13.4 Å². The Bertz CT molecular complexity index is 1170. The summed E-state index contributed by atoms with van der Waals surface area (Å²) < 4.78 is 45.3. The van der Waals surface area contributed by atoms with Crippen LogP contribution in [0.15, 0.2) is 12.7 Å². The molecule has 0 radical (unpaired) electrons. The lowest BCUT2D eigenvalue weighted by Gasteiger charge is -2.36. The average Bonchev–Trinajstić information content (AvgIpc) is 3.73. The largest absolute Gasteiger partial charge is 0.388 e. The summed E-state index contributed by atoms with van der Waals surface area (Å²) in [6.45, 7) is 2.63. The van der Waals surface area contributed by atoms with Gasteiger partial charge in [-0.1, -0.05) is 13.8 Å². The number of rotatable bonds is 17. The highest BCUT2D eigenvalue weighted by Gasteiger charge is 2.45. The quantitative estimate of drug-likeness (QED) is 0.103. The molecule has 2 fully saturated rings. The van der Waals surface area contributed by atoms with E-state index in [0.29, 0.717) is 29.8 Å². The van der Waals surface area contributed by atoms with Gasteiger partial charge in [0.2, 0.25) is 0 Å². The molecule has 2 aliphatic rings. The monoisotopic (exact) mass is 655 g/mol. The third-order valence-electron chi connectivity index (χ3n) is 6.76. The highest BCUT2D eigenvalue weighted by atomic mass is 31.2. The molecule has 4 rings (SSSR count). The van der Waals surface area contributed by atoms with Crippen molar-refractivity contribution in [1.82, 2.24) is 19.5 Å². The summed E-state index contributed by atoms with van der Waals surface area (Å²) in [6.07, 6.45) is 0.130. The van der Waals surface area contributed by atoms with Crippen LogP contribution in [0.2, 0.25) is 0 Å². The predicted octanol–water partition coefficient (Wildman–Crippen LogP) is 0.954. The van der Waals surface area contributed by atoms with Crippen molar-refractivity contribution in [1.29, 1.82) is 0 Å². The number of aromatic nitrogens is 4. The van der Waals surface area contributed by atoms with E-state index in [1.165, 1.54) is 27.3 Å². The molecule has 0 spiro atoms. The summed E-state index contributed by atoms with van der Waals surface area (Å²) in [7, 11) is -1.88. The molecule has 0 saturated carbocycles. The van der Waals surface area contributed by atoms with E-state index in [-0.39, 0.29) is 45.0 Å². The number of fused-ring (bicyclic) bond motifs is 1. The Morgan fingerprint density at radius 1 is 1.07 bits per heavy atom. The lowest BCUT2D eigenvalue weighted by atomic mass is 10.2. The van der Waals surface area contributed by atoms with Gasteiger partial charge in [-0.2, -0.15) is 0 Å². The molecule has 0 amide bonds. The number of imidazole rings is 1. The van der Waals surface area contributed by atoms with E-state index in [4.69, 9.17) is 36.8 Å². The van der Waals surface area contributed by atoms with E-state index in [2.05, 4.69) is 20.3 Å². The maximum atomic E-state index is 11.0. The number of aliphatic hydroxyl groups is 4. The molecule has 0 bridgehead atoms. The van der Waals surface area contributed by atoms with Crippen LogP contribution in [0, 0.1) is 0 Å². The van der Waals surface area contributed by atoms with E-state index in [0.717, 1.165) is 0 Å². The van der Waals surface area contributed by atoms with Gasteiger partial charge in [0.05, 0.1) is 32.3 Å². The van der Waals surface area contributed by atoms with E-state index in [1.807, 2.05) is 4.57 Å². The Morgan fingerprint density at radius 2 is 1.81 bits per heavy atom. The van der Waals surface area contributed by atoms with Gasteiger partial charge in [0.15, 0.2) is 11.5 Å².